The lowest BCUT2D eigenvalue weighted by atomic mass is 10.0. The molecule has 2 aliphatic rings. The molecule has 2 amide bonds. The number of carbonyl (C=O) groups excluding carboxylic acids is 2. The van der Waals surface area contributed by atoms with Gasteiger partial charge in [-0.1, -0.05) is 26.0 Å². The van der Waals surface area contributed by atoms with Crippen molar-refractivity contribution in [3.63, 3.8) is 0 Å². The molecule has 0 bridgehead atoms. The number of rotatable bonds is 6. The first-order valence-electron chi connectivity index (χ1n) is 10.4. The average molecular weight is 401 g/mol. The van der Waals surface area contributed by atoms with Gasteiger partial charge in [-0.25, -0.2) is 0 Å². The predicted molar refractivity (Wildman–Crippen MR) is 112 cm³/mol. The van der Waals surface area contributed by atoms with Crippen LogP contribution < -0.4 is 4.74 Å². The quantitative estimate of drug-likeness (QED) is 0.686. The molecule has 2 aliphatic heterocycles. The van der Waals surface area contributed by atoms with Crippen LogP contribution in [0.4, 0.5) is 0 Å². The number of carbonyl (C=O) groups is 2. The van der Waals surface area contributed by atoms with Crippen LogP contribution in [-0.4, -0.2) is 59.6 Å². The summed E-state index contributed by atoms with van der Waals surface area (Å²) in [5.41, 5.74) is 1.70. The zero-order valence-corrected chi connectivity index (χ0v) is 18.3. The van der Waals surface area contributed by atoms with Crippen LogP contribution in [-0.2, 0) is 14.3 Å². The van der Waals surface area contributed by atoms with Crippen molar-refractivity contribution in [1.29, 1.82) is 0 Å². The number of imide groups is 1. The highest BCUT2D eigenvalue weighted by Gasteiger charge is 2.44. The van der Waals surface area contributed by atoms with Gasteiger partial charge in [0.15, 0.2) is 0 Å². The molecule has 0 aliphatic carbocycles. The van der Waals surface area contributed by atoms with E-state index < -0.39 is 0 Å². The minimum Gasteiger partial charge on any atom is -0.493 e. The van der Waals surface area contributed by atoms with Gasteiger partial charge in [0.25, 0.3) is 11.8 Å². The first-order chi connectivity index (χ1) is 13.7. The molecule has 3 rings (SSSR count). The molecule has 29 heavy (non-hydrogen) atoms. The second kappa shape index (κ2) is 8.57. The van der Waals surface area contributed by atoms with E-state index in [1.807, 2.05) is 56.9 Å². The number of morpholine rings is 1. The third-order valence-corrected chi connectivity index (χ3v) is 5.07. The largest absolute Gasteiger partial charge is 0.493 e. The van der Waals surface area contributed by atoms with Crippen molar-refractivity contribution >= 4 is 17.4 Å². The highest BCUT2D eigenvalue weighted by Crippen LogP contribution is 2.34. The maximum absolute atomic E-state index is 13.2. The van der Waals surface area contributed by atoms with E-state index in [2.05, 4.69) is 13.8 Å². The molecule has 2 unspecified atom stereocenters. The molecule has 0 radical (unpaired) electrons. The maximum Gasteiger partial charge on any atom is 0.278 e. The Balaban J connectivity index is 1.99. The average Bonchev–Trinajstić information content (AvgIpc) is 2.90. The molecule has 1 aromatic rings. The molecule has 1 fully saturated rings. The van der Waals surface area contributed by atoms with Crippen LogP contribution in [0.5, 0.6) is 5.75 Å². The molecule has 2 atom stereocenters. The summed E-state index contributed by atoms with van der Waals surface area (Å²) in [7, 11) is 0. The van der Waals surface area contributed by atoms with Crippen molar-refractivity contribution in [3.8, 4) is 5.75 Å². The summed E-state index contributed by atoms with van der Waals surface area (Å²) in [5, 5.41) is 0. The molecular weight excluding hydrogens is 368 g/mol. The Hall–Kier alpha value is -2.34. The van der Waals surface area contributed by atoms with Crippen LogP contribution in [0.2, 0.25) is 0 Å². The summed E-state index contributed by atoms with van der Waals surface area (Å²) in [6, 6.07) is 7.26. The third kappa shape index (κ3) is 4.47. The first kappa shape index (κ1) is 21.4. The second-order valence-electron chi connectivity index (χ2n) is 8.69. The molecule has 0 spiro atoms. The summed E-state index contributed by atoms with van der Waals surface area (Å²) in [6.45, 7) is 13.7. The standard InChI is InChI=1S/C23H32N2O4/c1-14(2)13-28-19-9-7-18(8-10-19)20-21(23(27)25(15(3)4)22(20)26)24-11-16(5)29-17(6)12-24/h7-10,14-17H,11-13H2,1-6H3. The number of hydrogen-bond acceptors (Lipinski definition) is 5. The molecular formula is C23H32N2O4. The van der Waals surface area contributed by atoms with E-state index in [1.54, 1.807) is 0 Å². The van der Waals surface area contributed by atoms with Gasteiger partial charge in [0.05, 0.1) is 24.4 Å². The number of amides is 2. The summed E-state index contributed by atoms with van der Waals surface area (Å²) >= 11 is 0. The first-order valence-corrected chi connectivity index (χ1v) is 10.4. The van der Waals surface area contributed by atoms with E-state index in [0.717, 1.165) is 11.3 Å². The summed E-state index contributed by atoms with van der Waals surface area (Å²) in [4.78, 5) is 29.8. The van der Waals surface area contributed by atoms with Crippen LogP contribution in [0, 0.1) is 5.92 Å². The Labute approximate surface area is 173 Å². The van der Waals surface area contributed by atoms with Gasteiger partial charge in [-0.2, -0.15) is 0 Å². The van der Waals surface area contributed by atoms with Gasteiger partial charge >= 0.3 is 0 Å². The van der Waals surface area contributed by atoms with Crippen LogP contribution >= 0.6 is 0 Å². The summed E-state index contributed by atoms with van der Waals surface area (Å²) in [6.07, 6.45) is -0.00868. The van der Waals surface area contributed by atoms with Crippen LogP contribution in [0.15, 0.2) is 30.0 Å². The highest BCUT2D eigenvalue weighted by atomic mass is 16.5. The van der Waals surface area contributed by atoms with Gasteiger partial charge in [0.2, 0.25) is 0 Å². The van der Waals surface area contributed by atoms with Crippen molar-refractivity contribution < 1.29 is 19.1 Å². The van der Waals surface area contributed by atoms with Gasteiger partial charge in [-0.15, -0.1) is 0 Å². The Bertz CT molecular complexity index is 788. The van der Waals surface area contributed by atoms with Crippen molar-refractivity contribution in [2.24, 2.45) is 5.92 Å². The Kier molecular flexibility index (Phi) is 6.32. The van der Waals surface area contributed by atoms with E-state index in [9.17, 15) is 9.59 Å². The van der Waals surface area contributed by atoms with Gasteiger partial charge < -0.3 is 14.4 Å². The summed E-state index contributed by atoms with van der Waals surface area (Å²) in [5.74, 6) is 0.739. The Morgan fingerprint density at radius 2 is 1.59 bits per heavy atom. The number of nitrogens with zero attached hydrogens (tertiary/aromatic N) is 2. The van der Waals surface area contributed by atoms with Crippen molar-refractivity contribution in [2.45, 2.75) is 59.8 Å². The highest BCUT2D eigenvalue weighted by molar-refractivity contribution is 6.35. The van der Waals surface area contributed by atoms with Crippen LogP contribution in [0.25, 0.3) is 5.57 Å². The van der Waals surface area contributed by atoms with Crippen LogP contribution in [0.1, 0.15) is 47.1 Å². The van der Waals surface area contributed by atoms with E-state index in [1.165, 1.54) is 4.90 Å². The molecule has 1 saturated heterocycles. The van der Waals surface area contributed by atoms with Gasteiger partial charge in [0, 0.05) is 19.1 Å². The second-order valence-corrected chi connectivity index (χ2v) is 8.69. The Morgan fingerprint density at radius 3 is 2.10 bits per heavy atom. The molecule has 0 N–H and O–H groups in total. The van der Waals surface area contributed by atoms with E-state index in [0.29, 0.717) is 36.9 Å². The normalized spacial score (nSPS) is 23.0. The minimum atomic E-state index is -0.234. The number of benzene rings is 1. The fourth-order valence-corrected chi connectivity index (χ4v) is 3.90. The van der Waals surface area contributed by atoms with Gasteiger partial charge in [0.1, 0.15) is 11.4 Å². The molecule has 0 saturated carbocycles. The lowest BCUT2D eigenvalue weighted by Gasteiger charge is -2.37. The Morgan fingerprint density at radius 1 is 1.00 bits per heavy atom. The van der Waals surface area contributed by atoms with E-state index >= 15 is 0 Å². The SMILES string of the molecule is CC(C)COc1ccc(C2=C(N3CC(C)OC(C)C3)C(=O)N(C(C)C)C2=O)cc1. The van der Waals surface area contributed by atoms with E-state index in [4.69, 9.17) is 9.47 Å². The predicted octanol–water partition coefficient (Wildman–Crippen LogP) is 3.32. The molecule has 0 aromatic heterocycles. The fraction of sp³-hybridized carbons (Fsp3) is 0.565. The molecule has 158 valence electrons. The zero-order chi connectivity index (χ0) is 21.3. The van der Waals surface area contributed by atoms with Crippen molar-refractivity contribution in [1.82, 2.24) is 9.80 Å². The maximum atomic E-state index is 13.2. The minimum absolute atomic E-state index is 0.00434. The van der Waals surface area contributed by atoms with Gasteiger partial charge in [-0.05, 0) is 51.3 Å². The lowest BCUT2D eigenvalue weighted by Crippen LogP contribution is -2.47. The lowest BCUT2D eigenvalue weighted by molar-refractivity contribution is -0.140. The van der Waals surface area contributed by atoms with Crippen molar-refractivity contribution in [3.05, 3.63) is 35.5 Å². The zero-order valence-electron chi connectivity index (χ0n) is 18.3. The third-order valence-electron chi connectivity index (χ3n) is 5.07. The summed E-state index contributed by atoms with van der Waals surface area (Å²) < 4.78 is 11.6. The molecule has 2 heterocycles. The monoisotopic (exact) mass is 400 g/mol. The topological polar surface area (TPSA) is 59.1 Å². The van der Waals surface area contributed by atoms with E-state index in [-0.39, 0.29) is 30.1 Å². The van der Waals surface area contributed by atoms with Gasteiger partial charge in [-0.3, -0.25) is 14.5 Å². The smallest absolute Gasteiger partial charge is 0.278 e. The van der Waals surface area contributed by atoms with Crippen LogP contribution in [0.3, 0.4) is 0 Å². The fourth-order valence-electron chi connectivity index (χ4n) is 3.90. The molecule has 1 aromatic carbocycles. The molecule has 6 nitrogen and oxygen atoms in total. The number of hydrogen-bond donors (Lipinski definition) is 0. The van der Waals surface area contributed by atoms with Crippen molar-refractivity contribution in [2.75, 3.05) is 19.7 Å². The number of ether oxygens (including phenoxy) is 2. The molecule has 6 heteroatoms.